The summed E-state index contributed by atoms with van der Waals surface area (Å²) >= 11 is 0. The van der Waals surface area contributed by atoms with Gasteiger partial charge in [0.2, 0.25) is 5.91 Å². The molecule has 0 atom stereocenters. The first-order chi connectivity index (χ1) is 6.68. The predicted octanol–water partition coefficient (Wildman–Crippen LogP) is 1.21. The van der Waals surface area contributed by atoms with Gasteiger partial charge < -0.3 is 10.6 Å². The Bertz CT molecular complexity index is 203. The molecule has 3 nitrogen and oxygen atoms in total. The normalized spacial score (nSPS) is 16.5. The molecule has 14 heavy (non-hydrogen) atoms. The summed E-state index contributed by atoms with van der Waals surface area (Å²) in [5.41, 5.74) is 0. The number of carbonyl (C=O) groups is 1. The van der Waals surface area contributed by atoms with Crippen molar-refractivity contribution in [3.63, 3.8) is 0 Å². The Kier molecular flexibility index (Phi) is 4.66. The van der Waals surface area contributed by atoms with Gasteiger partial charge in [-0.3, -0.25) is 4.79 Å². The fraction of sp³-hybridized carbons (Fsp3) is 0.727. The minimum absolute atomic E-state index is 0.159. The molecule has 1 amide bonds. The molecule has 1 aliphatic rings. The molecule has 0 aromatic rings. The van der Waals surface area contributed by atoms with Crippen LogP contribution in [0, 0.1) is 0 Å². The molecule has 0 aliphatic heterocycles. The van der Waals surface area contributed by atoms with Crippen molar-refractivity contribution in [2.75, 3.05) is 6.54 Å². The highest BCUT2D eigenvalue weighted by Crippen LogP contribution is 2.08. The van der Waals surface area contributed by atoms with Gasteiger partial charge in [0.1, 0.15) is 0 Å². The van der Waals surface area contributed by atoms with Crippen LogP contribution in [0.2, 0.25) is 0 Å². The third-order valence-electron chi connectivity index (χ3n) is 2.28. The fourth-order valence-corrected chi connectivity index (χ4v) is 1.51. The molecular formula is C11H20N2O. The third-order valence-corrected chi connectivity index (χ3v) is 2.28. The molecule has 1 rings (SSSR count). The van der Waals surface area contributed by atoms with Crippen LogP contribution < -0.4 is 10.6 Å². The van der Waals surface area contributed by atoms with E-state index in [1.807, 2.05) is 0 Å². The van der Waals surface area contributed by atoms with Gasteiger partial charge in [0.15, 0.2) is 0 Å². The lowest BCUT2D eigenvalue weighted by Gasteiger charge is -2.12. The van der Waals surface area contributed by atoms with E-state index in [9.17, 15) is 4.79 Å². The SMILES string of the molecule is CC(C)NCCC(=O)NC1CC=CC1. The van der Waals surface area contributed by atoms with Crippen LogP contribution >= 0.6 is 0 Å². The largest absolute Gasteiger partial charge is 0.353 e. The Labute approximate surface area is 86.0 Å². The number of hydrogen-bond donors (Lipinski definition) is 2. The van der Waals surface area contributed by atoms with E-state index in [0.29, 0.717) is 18.5 Å². The molecular weight excluding hydrogens is 176 g/mol. The standard InChI is InChI=1S/C11H20N2O/c1-9(2)12-8-7-11(14)13-10-5-3-4-6-10/h3-4,9-10,12H,5-8H2,1-2H3,(H,13,14). The molecule has 3 heteroatoms. The number of amides is 1. The van der Waals surface area contributed by atoms with E-state index in [0.717, 1.165) is 19.4 Å². The van der Waals surface area contributed by atoms with Crippen LogP contribution in [0.15, 0.2) is 12.2 Å². The van der Waals surface area contributed by atoms with Crippen molar-refractivity contribution in [1.82, 2.24) is 10.6 Å². The highest BCUT2D eigenvalue weighted by atomic mass is 16.1. The molecule has 80 valence electrons. The average Bonchev–Trinajstić information content (AvgIpc) is 2.56. The van der Waals surface area contributed by atoms with Gasteiger partial charge in [-0.2, -0.15) is 0 Å². The van der Waals surface area contributed by atoms with Crippen LogP contribution in [0.25, 0.3) is 0 Å². The zero-order valence-electron chi connectivity index (χ0n) is 9.05. The van der Waals surface area contributed by atoms with Gasteiger partial charge in [0.05, 0.1) is 0 Å². The molecule has 0 saturated carbocycles. The highest BCUT2D eigenvalue weighted by Gasteiger charge is 2.12. The molecule has 0 heterocycles. The first-order valence-electron chi connectivity index (χ1n) is 5.36. The number of hydrogen-bond acceptors (Lipinski definition) is 2. The van der Waals surface area contributed by atoms with Crippen LogP contribution in [-0.4, -0.2) is 24.5 Å². The van der Waals surface area contributed by atoms with E-state index in [2.05, 4.69) is 36.6 Å². The maximum atomic E-state index is 11.4. The predicted molar refractivity (Wildman–Crippen MR) is 58.1 cm³/mol. The lowest BCUT2D eigenvalue weighted by Crippen LogP contribution is -2.35. The summed E-state index contributed by atoms with van der Waals surface area (Å²) in [5, 5.41) is 6.24. The summed E-state index contributed by atoms with van der Waals surface area (Å²) < 4.78 is 0. The Morgan fingerprint density at radius 3 is 2.64 bits per heavy atom. The van der Waals surface area contributed by atoms with Gasteiger partial charge >= 0.3 is 0 Å². The minimum atomic E-state index is 0.159. The van der Waals surface area contributed by atoms with Crippen molar-refractivity contribution >= 4 is 5.91 Å². The van der Waals surface area contributed by atoms with Crippen molar-refractivity contribution < 1.29 is 4.79 Å². The third kappa shape index (κ3) is 4.42. The van der Waals surface area contributed by atoms with Crippen LogP contribution in [0.3, 0.4) is 0 Å². The first kappa shape index (κ1) is 11.2. The highest BCUT2D eigenvalue weighted by molar-refractivity contribution is 5.76. The fourth-order valence-electron chi connectivity index (χ4n) is 1.51. The lowest BCUT2D eigenvalue weighted by atomic mass is 10.2. The summed E-state index contributed by atoms with van der Waals surface area (Å²) in [7, 11) is 0. The van der Waals surface area contributed by atoms with E-state index in [-0.39, 0.29) is 5.91 Å². The van der Waals surface area contributed by atoms with Crippen LogP contribution in [-0.2, 0) is 4.79 Å². The Morgan fingerprint density at radius 1 is 1.43 bits per heavy atom. The van der Waals surface area contributed by atoms with Crippen molar-refractivity contribution in [3.05, 3.63) is 12.2 Å². The zero-order chi connectivity index (χ0) is 10.4. The number of carbonyl (C=O) groups excluding carboxylic acids is 1. The van der Waals surface area contributed by atoms with Crippen molar-refractivity contribution in [1.29, 1.82) is 0 Å². The molecule has 0 spiro atoms. The second-order valence-corrected chi connectivity index (χ2v) is 4.07. The summed E-state index contributed by atoms with van der Waals surface area (Å²) in [6.45, 7) is 4.93. The van der Waals surface area contributed by atoms with Gasteiger partial charge in [0, 0.05) is 25.0 Å². The summed E-state index contributed by atoms with van der Waals surface area (Å²) in [6, 6.07) is 0.803. The second kappa shape index (κ2) is 5.81. The Morgan fingerprint density at radius 2 is 2.07 bits per heavy atom. The van der Waals surface area contributed by atoms with Gasteiger partial charge in [0.25, 0.3) is 0 Å². The minimum Gasteiger partial charge on any atom is -0.353 e. The molecule has 1 aliphatic carbocycles. The van der Waals surface area contributed by atoms with E-state index in [1.54, 1.807) is 0 Å². The van der Waals surface area contributed by atoms with E-state index >= 15 is 0 Å². The topological polar surface area (TPSA) is 41.1 Å². The van der Waals surface area contributed by atoms with Crippen molar-refractivity contribution in [2.45, 2.75) is 45.2 Å². The van der Waals surface area contributed by atoms with Crippen molar-refractivity contribution in [3.8, 4) is 0 Å². The number of rotatable bonds is 5. The Hall–Kier alpha value is -0.830. The first-order valence-corrected chi connectivity index (χ1v) is 5.36. The summed E-state index contributed by atoms with van der Waals surface area (Å²) in [4.78, 5) is 11.4. The summed E-state index contributed by atoms with van der Waals surface area (Å²) in [5.74, 6) is 0.159. The van der Waals surface area contributed by atoms with Gasteiger partial charge in [-0.05, 0) is 12.8 Å². The van der Waals surface area contributed by atoms with Gasteiger partial charge in [-0.15, -0.1) is 0 Å². The van der Waals surface area contributed by atoms with E-state index < -0.39 is 0 Å². The molecule has 0 saturated heterocycles. The van der Waals surface area contributed by atoms with Gasteiger partial charge in [-0.1, -0.05) is 26.0 Å². The molecule has 0 fully saturated rings. The van der Waals surface area contributed by atoms with Gasteiger partial charge in [-0.25, -0.2) is 0 Å². The lowest BCUT2D eigenvalue weighted by molar-refractivity contribution is -0.121. The molecule has 0 unspecified atom stereocenters. The smallest absolute Gasteiger partial charge is 0.221 e. The molecule has 2 N–H and O–H groups in total. The summed E-state index contributed by atoms with van der Waals surface area (Å²) in [6.07, 6.45) is 6.80. The maximum Gasteiger partial charge on any atom is 0.221 e. The quantitative estimate of drug-likeness (QED) is 0.649. The molecule has 0 radical (unpaired) electrons. The molecule has 0 bridgehead atoms. The second-order valence-electron chi connectivity index (χ2n) is 4.07. The zero-order valence-corrected chi connectivity index (χ0v) is 9.05. The molecule has 0 aromatic carbocycles. The Balaban J connectivity index is 2.04. The van der Waals surface area contributed by atoms with Crippen molar-refractivity contribution in [2.24, 2.45) is 0 Å². The van der Waals surface area contributed by atoms with Crippen LogP contribution in [0.5, 0.6) is 0 Å². The van der Waals surface area contributed by atoms with Crippen LogP contribution in [0.1, 0.15) is 33.1 Å². The maximum absolute atomic E-state index is 11.4. The van der Waals surface area contributed by atoms with E-state index in [4.69, 9.17) is 0 Å². The number of nitrogens with one attached hydrogen (secondary N) is 2. The molecule has 0 aromatic heterocycles. The monoisotopic (exact) mass is 196 g/mol. The van der Waals surface area contributed by atoms with E-state index in [1.165, 1.54) is 0 Å². The average molecular weight is 196 g/mol. The van der Waals surface area contributed by atoms with Crippen LogP contribution in [0.4, 0.5) is 0 Å².